The number of carbonyl (C=O) groups is 4. The van der Waals surface area contributed by atoms with E-state index in [4.69, 9.17) is 9.47 Å². The van der Waals surface area contributed by atoms with Gasteiger partial charge in [-0.1, -0.05) is 72.8 Å². The zero-order chi connectivity index (χ0) is 28.2. The number of benzene rings is 3. The van der Waals surface area contributed by atoms with Crippen molar-refractivity contribution in [1.29, 1.82) is 0 Å². The van der Waals surface area contributed by atoms with Crippen LogP contribution < -0.4 is 10.1 Å². The van der Waals surface area contributed by atoms with Gasteiger partial charge < -0.3 is 19.9 Å². The lowest BCUT2D eigenvalue weighted by Crippen LogP contribution is -2.71. The van der Waals surface area contributed by atoms with Gasteiger partial charge in [-0.15, -0.1) is 11.8 Å². The summed E-state index contributed by atoms with van der Waals surface area (Å²) in [5.74, 6) is -2.53. The summed E-state index contributed by atoms with van der Waals surface area (Å²) in [6.07, 6.45) is -0.770. The average Bonchev–Trinajstić information content (AvgIpc) is 2.98. The van der Waals surface area contributed by atoms with E-state index >= 15 is 0 Å². The normalized spacial score (nSPS) is 18.1. The van der Waals surface area contributed by atoms with Crippen molar-refractivity contribution in [2.45, 2.75) is 23.9 Å². The summed E-state index contributed by atoms with van der Waals surface area (Å²) in [5.41, 5.74) is 1.60. The van der Waals surface area contributed by atoms with Crippen molar-refractivity contribution >= 4 is 35.5 Å². The molecule has 2 heterocycles. The number of carboxylic acid groups (broad SMARTS) is 1. The summed E-state index contributed by atoms with van der Waals surface area (Å²) in [6, 6.07) is 24.2. The molecule has 2 aliphatic rings. The van der Waals surface area contributed by atoms with Crippen LogP contribution in [-0.4, -0.2) is 58.0 Å². The van der Waals surface area contributed by atoms with Crippen molar-refractivity contribution in [3.8, 4) is 5.75 Å². The van der Waals surface area contributed by atoms with Gasteiger partial charge in [0.15, 0.2) is 6.10 Å². The molecule has 0 saturated carbocycles. The smallest absolute Gasteiger partial charge is 0.356 e. The van der Waals surface area contributed by atoms with Crippen LogP contribution in [0.5, 0.6) is 5.75 Å². The molecule has 1 unspecified atom stereocenters. The van der Waals surface area contributed by atoms with Crippen molar-refractivity contribution in [2.75, 3.05) is 12.9 Å². The second kappa shape index (κ2) is 11.7. The average molecular weight is 559 g/mol. The van der Waals surface area contributed by atoms with E-state index in [1.165, 1.54) is 11.8 Å². The number of carboxylic acids is 1. The van der Waals surface area contributed by atoms with Crippen LogP contribution in [-0.2, 0) is 30.3 Å². The summed E-state index contributed by atoms with van der Waals surface area (Å²) in [6.45, 7) is 0. The van der Waals surface area contributed by atoms with Crippen LogP contribution in [0.2, 0.25) is 0 Å². The van der Waals surface area contributed by atoms with Crippen LogP contribution in [0.3, 0.4) is 0 Å². The molecule has 2 amide bonds. The third-order valence-corrected chi connectivity index (χ3v) is 7.97. The Bertz CT molecular complexity index is 1420. The first kappa shape index (κ1) is 27.0. The number of esters is 1. The summed E-state index contributed by atoms with van der Waals surface area (Å²) >= 11 is 1.17. The number of aliphatic carboxylic acids is 1. The van der Waals surface area contributed by atoms with Gasteiger partial charge in [0.2, 0.25) is 5.91 Å². The fourth-order valence-corrected chi connectivity index (χ4v) is 6.01. The molecule has 2 N–H and O–H groups in total. The lowest BCUT2D eigenvalue weighted by atomic mass is 10.0. The van der Waals surface area contributed by atoms with Gasteiger partial charge in [-0.05, 0) is 28.8 Å². The number of nitrogens with zero attached hydrogens (tertiary/aromatic N) is 1. The fourth-order valence-electron chi connectivity index (χ4n) is 4.67. The molecule has 2 aliphatic heterocycles. The standard InChI is InChI=1S/C30H26N2O7S/c1-38-21-14-12-18(13-15-21)16-23(33)31-24-27(34)32-25(22(29(35)36)17-40-28(24)32)30(37)39-26(19-8-4-2-5-9-19)20-10-6-3-7-11-20/h2-15,24,26,28H,16-17H2,1H3,(H,31,33)(H,35,36)/t24?,28-/m0/s1. The van der Waals surface area contributed by atoms with Crippen molar-refractivity contribution in [2.24, 2.45) is 0 Å². The van der Waals surface area contributed by atoms with E-state index in [2.05, 4.69) is 5.32 Å². The van der Waals surface area contributed by atoms with Crippen LogP contribution in [0.15, 0.2) is 96.2 Å². The maximum Gasteiger partial charge on any atom is 0.356 e. The van der Waals surface area contributed by atoms with E-state index in [0.717, 1.165) is 10.5 Å². The molecule has 5 rings (SSSR count). The summed E-state index contributed by atoms with van der Waals surface area (Å²) < 4.78 is 11.0. The summed E-state index contributed by atoms with van der Waals surface area (Å²) in [7, 11) is 1.55. The second-order valence-corrected chi connectivity index (χ2v) is 10.3. The molecule has 9 nitrogen and oxygen atoms in total. The SMILES string of the molecule is COc1ccc(CC(=O)NC2C(=O)N3C(C(=O)OC(c4ccccc4)c4ccccc4)=C(C(=O)O)CS[C@@H]23)cc1. The Morgan fingerprint density at radius 2 is 1.57 bits per heavy atom. The van der Waals surface area contributed by atoms with Gasteiger partial charge >= 0.3 is 11.9 Å². The number of carbonyl (C=O) groups excluding carboxylic acids is 3. The molecular weight excluding hydrogens is 532 g/mol. The Morgan fingerprint density at radius 3 is 2.12 bits per heavy atom. The molecule has 0 aliphatic carbocycles. The zero-order valence-electron chi connectivity index (χ0n) is 21.5. The van der Waals surface area contributed by atoms with E-state index < -0.39 is 35.4 Å². The fraction of sp³-hybridized carbons (Fsp3) is 0.200. The van der Waals surface area contributed by atoms with E-state index in [0.29, 0.717) is 16.9 Å². The van der Waals surface area contributed by atoms with Crippen molar-refractivity contribution in [3.05, 3.63) is 113 Å². The molecule has 0 radical (unpaired) electrons. The lowest BCUT2D eigenvalue weighted by Gasteiger charge is -2.49. The number of hydrogen-bond donors (Lipinski definition) is 2. The number of amides is 2. The lowest BCUT2D eigenvalue weighted by molar-refractivity contribution is -0.155. The summed E-state index contributed by atoms with van der Waals surface area (Å²) in [5, 5.41) is 12.0. The van der Waals surface area contributed by atoms with Gasteiger partial charge in [0.25, 0.3) is 5.91 Å². The number of rotatable bonds is 9. The topological polar surface area (TPSA) is 122 Å². The highest BCUT2D eigenvalue weighted by Crippen LogP contribution is 2.41. The third-order valence-electron chi connectivity index (χ3n) is 6.69. The molecule has 204 valence electrons. The van der Waals surface area contributed by atoms with Crippen LogP contribution >= 0.6 is 11.8 Å². The molecule has 1 saturated heterocycles. The van der Waals surface area contributed by atoms with Crippen molar-refractivity contribution < 1.29 is 33.8 Å². The van der Waals surface area contributed by atoms with Crippen LogP contribution in [0.25, 0.3) is 0 Å². The highest BCUT2D eigenvalue weighted by atomic mass is 32.2. The number of fused-ring (bicyclic) bond motifs is 1. The Balaban J connectivity index is 1.35. The van der Waals surface area contributed by atoms with E-state index in [1.807, 2.05) is 36.4 Å². The number of hydrogen-bond acceptors (Lipinski definition) is 7. The highest BCUT2D eigenvalue weighted by Gasteiger charge is 2.55. The maximum atomic E-state index is 13.6. The number of β-lactam (4-membered cyclic amide) rings is 1. The molecule has 40 heavy (non-hydrogen) atoms. The first-order chi connectivity index (χ1) is 19.4. The Labute approximate surface area is 234 Å². The van der Waals surface area contributed by atoms with Crippen LogP contribution in [0.4, 0.5) is 0 Å². The third kappa shape index (κ3) is 5.43. The second-order valence-electron chi connectivity index (χ2n) is 9.22. The molecular formula is C30H26N2O7S. The molecule has 10 heteroatoms. The first-order valence-electron chi connectivity index (χ1n) is 12.5. The predicted octanol–water partition coefficient (Wildman–Crippen LogP) is 3.31. The molecule has 0 bridgehead atoms. The van der Waals surface area contributed by atoms with Crippen LogP contribution in [0.1, 0.15) is 22.8 Å². The van der Waals surface area contributed by atoms with Gasteiger partial charge in [0.05, 0.1) is 19.1 Å². The van der Waals surface area contributed by atoms with Gasteiger partial charge in [0.1, 0.15) is 22.9 Å². The zero-order valence-corrected chi connectivity index (χ0v) is 22.3. The van der Waals surface area contributed by atoms with Crippen molar-refractivity contribution in [3.63, 3.8) is 0 Å². The predicted molar refractivity (Wildman–Crippen MR) is 147 cm³/mol. The van der Waals surface area contributed by atoms with E-state index in [-0.39, 0.29) is 29.4 Å². The molecule has 3 aromatic rings. The largest absolute Gasteiger partial charge is 0.497 e. The van der Waals surface area contributed by atoms with Gasteiger partial charge in [-0.3, -0.25) is 14.5 Å². The molecule has 0 aromatic heterocycles. The minimum atomic E-state index is -1.31. The van der Waals surface area contributed by atoms with Gasteiger partial charge in [-0.25, -0.2) is 9.59 Å². The Kier molecular flexibility index (Phi) is 7.88. The number of methoxy groups -OCH3 is 1. The monoisotopic (exact) mass is 558 g/mol. The number of nitrogens with one attached hydrogen (secondary N) is 1. The number of ether oxygens (including phenoxy) is 2. The Hall–Kier alpha value is -4.57. The first-order valence-corrected chi connectivity index (χ1v) is 13.6. The van der Waals surface area contributed by atoms with E-state index in [1.54, 1.807) is 55.6 Å². The van der Waals surface area contributed by atoms with Gasteiger partial charge in [0, 0.05) is 5.75 Å². The highest BCUT2D eigenvalue weighted by molar-refractivity contribution is 8.00. The molecule has 0 spiro atoms. The van der Waals surface area contributed by atoms with Crippen LogP contribution in [0, 0.1) is 0 Å². The molecule has 2 atom stereocenters. The quantitative estimate of drug-likeness (QED) is 0.303. The molecule has 1 fully saturated rings. The number of thioether (sulfide) groups is 1. The Morgan fingerprint density at radius 1 is 0.975 bits per heavy atom. The maximum absolute atomic E-state index is 13.6. The van der Waals surface area contributed by atoms with Crippen molar-refractivity contribution in [1.82, 2.24) is 10.2 Å². The summed E-state index contributed by atoms with van der Waals surface area (Å²) in [4.78, 5) is 52.7. The minimum absolute atomic E-state index is 0.0274. The molecule has 3 aromatic carbocycles. The minimum Gasteiger partial charge on any atom is -0.497 e. The van der Waals surface area contributed by atoms with Gasteiger partial charge in [-0.2, -0.15) is 0 Å². The van der Waals surface area contributed by atoms with E-state index in [9.17, 15) is 24.3 Å².